The molecule has 4 heteroatoms. The van der Waals surface area contributed by atoms with Crippen molar-refractivity contribution in [3.05, 3.63) is 0 Å². The lowest BCUT2D eigenvalue weighted by molar-refractivity contribution is -0.143. The highest BCUT2D eigenvalue weighted by molar-refractivity contribution is 5.93. The van der Waals surface area contributed by atoms with Crippen LogP contribution in [0, 0.1) is 11.3 Å². The van der Waals surface area contributed by atoms with Crippen LogP contribution >= 0.6 is 0 Å². The van der Waals surface area contributed by atoms with E-state index in [0.717, 1.165) is 25.9 Å². The summed E-state index contributed by atoms with van der Waals surface area (Å²) < 4.78 is 0. The van der Waals surface area contributed by atoms with E-state index in [1.165, 1.54) is 19.3 Å². The summed E-state index contributed by atoms with van der Waals surface area (Å²) in [6.07, 6.45) is 6.00. The number of likely N-dealkylation sites (N-methyl/N-ethyl adjacent to an activating group) is 1. The predicted octanol–water partition coefficient (Wildman–Crippen LogP) is 2.10. The molecular weight excluding hydrogens is 226 g/mol. The van der Waals surface area contributed by atoms with E-state index in [2.05, 4.69) is 0 Å². The lowest BCUT2D eigenvalue weighted by atomic mass is 9.86. The molecule has 2 rings (SSSR count). The smallest absolute Gasteiger partial charge is 0.247 e. The van der Waals surface area contributed by atoms with Crippen LogP contribution in [0.15, 0.2) is 0 Å². The van der Waals surface area contributed by atoms with E-state index in [4.69, 9.17) is 5.41 Å². The number of hydrogen-bond acceptors (Lipinski definition) is 2. The van der Waals surface area contributed by atoms with E-state index < -0.39 is 5.54 Å². The Morgan fingerprint density at radius 2 is 1.83 bits per heavy atom. The number of carbonyl (C=O) groups excluding carboxylic acids is 1. The average Bonchev–Trinajstić information content (AvgIpc) is 2.36. The number of nitrogens with zero attached hydrogens (tertiary/aromatic N) is 2. The summed E-state index contributed by atoms with van der Waals surface area (Å²) in [5, 5.41) is 8.44. The molecule has 0 spiro atoms. The van der Waals surface area contributed by atoms with Crippen LogP contribution in [0.1, 0.15) is 46.0 Å². The summed E-state index contributed by atoms with van der Waals surface area (Å²) >= 11 is 0. The van der Waals surface area contributed by atoms with Crippen LogP contribution in [-0.4, -0.2) is 47.2 Å². The molecule has 4 nitrogen and oxygen atoms in total. The van der Waals surface area contributed by atoms with E-state index in [-0.39, 0.29) is 5.91 Å². The molecule has 1 heterocycles. The number of rotatable bonds is 1. The van der Waals surface area contributed by atoms with E-state index in [1.54, 1.807) is 4.90 Å². The Balaban J connectivity index is 2.11. The topological polar surface area (TPSA) is 47.4 Å². The van der Waals surface area contributed by atoms with Gasteiger partial charge in [-0.2, -0.15) is 0 Å². The maximum atomic E-state index is 12.2. The van der Waals surface area contributed by atoms with Gasteiger partial charge in [0.15, 0.2) is 0 Å². The minimum Gasteiger partial charge on any atom is -0.344 e. The fourth-order valence-corrected chi connectivity index (χ4v) is 3.23. The van der Waals surface area contributed by atoms with Crippen molar-refractivity contribution in [2.75, 3.05) is 20.1 Å². The predicted molar refractivity (Wildman–Crippen MR) is 72.7 cm³/mol. The summed E-state index contributed by atoms with van der Waals surface area (Å²) in [6.45, 7) is 5.42. The first-order chi connectivity index (χ1) is 8.44. The van der Waals surface area contributed by atoms with Gasteiger partial charge in [0.2, 0.25) is 5.91 Å². The third-order valence-electron chi connectivity index (χ3n) is 4.49. The van der Waals surface area contributed by atoms with Crippen LogP contribution < -0.4 is 0 Å². The van der Waals surface area contributed by atoms with Gasteiger partial charge in [-0.15, -0.1) is 0 Å². The second-order valence-electron chi connectivity index (χ2n) is 6.16. The van der Waals surface area contributed by atoms with Crippen LogP contribution in [0.5, 0.6) is 0 Å². The van der Waals surface area contributed by atoms with Crippen LogP contribution in [0.4, 0.5) is 0 Å². The number of piperazine rings is 1. The average molecular weight is 251 g/mol. The molecule has 1 saturated heterocycles. The molecule has 18 heavy (non-hydrogen) atoms. The van der Waals surface area contributed by atoms with E-state index in [9.17, 15) is 4.79 Å². The monoisotopic (exact) mass is 251 g/mol. The van der Waals surface area contributed by atoms with Gasteiger partial charge in [-0.25, -0.2) is 0 Å². The Hall–Kier alpha value is -1.06. The molecule has 0 atom stereocenters. The second-order valence-corrected chi connectivity index (χ2v) is 6.16. The molecule has 102 valence electrons. The summed E-state index contributed by atoms with van der Waals surface area (Å²) in [6, 6.07) is 0. The third kappa shape index (κ3) is 2.25. The summed E-state index contributed by atoms with van der Waals surface area (Å²) in [7, 11) is 1.85. The van der Waals surface area contributed by atoms with Crippen LogP contribution in [0.2, 0.25) is 0 Å². The van der Waals surface area contributed by atoms with Crippen LogP contribution in [0.3, 0.4) is 0 Å². The van der Waals surface area contributed by atoms with Crippen LogP contribution in [0.25, 0.3) is 0 Å². The number of carbonyl (C=O) groups is 1. The molecule has 0 aromatic carbocycles. The minimum absolute atomic E-state index is 0.134. The normalized spacial score (nSPS) is 25.4. The Bertz CT molecular complexity index is 345. The zero-order valence-corrected chi connectivity index (χ0v) is 11.8. The molecular formula is C14H25N3O. The van der Waals surface area contributed by atoms with E-state index in [0.29, 0.717) is 11.8 Å². The van der Waals surface area contributed by atoms with Crippen molar-refractivity contribution in [3.63, 3.8) is 0 Å². The molecule has 1 saturated carbocycles. The summed E-state index contributed by atoms with van der Waals surface area (Å²) in [5.41, 5.74) is -0.554. The largest absolute Gasteiger partial charge is 0.344 e. The lowest BCUT2D eigenvalue weighted by Crippen LogP contribution is -2.64. The van der Waals surface area contributed by atoms with Gasteiger partial charge in [0.05, 0.1) is 5.84 Å². The standard InChI is InChI=1S/C14H25N3O/c1-14(2)13(18)16(3)9-10-17(14)12(15)11-7-5-4-6-8-11/h11,15H,4-10H2,1-3H3. The molecule has 0 aromatic heterocycles. The van der Waals surface area contributed by atoms with Crippen molar-refractivity contribution < 1.29 is 4.79 Å². The maximum Gasteiger partial charge on any atom is 0.247 e. The quantitative estimate of drug-likeness (QED) is 0.573. The van der Waals surface area contributed by atoms with Crippen molar-refractivity contribution in [1.82, 2.24) is 9.80 Å². The van der Waals surface area contributed by atoms with Gasteiger partial charge in [0.25, 0.3) is 0 Å². The van der Waals surface area contributed by atoms with Crippen molar-refractivity contribution in [3.8, 4) is 0 Å². The van der Waals surface area contributed by atoms with Gasteiger partial charge in [-0.1, -0.05) is 19.3 Å². The molecule has 0 aromatic rings. The summed E-state index contributed by atoms with van der Waals surface area (Å²) in [5.74, 6) is 1.20. The van der Waals surface area contributed by atoms with Gasteiger partial charge in [-0.3, -0.25) is 10.2 Å². The van der Waals surface area contributed by atoms with E-state index >= 15 is 0 Å². The second kappa shape index (κ2) is 4.90. The first-order valence-electron chi connectivity index (χ1n) is 7.06. The Kier molecular flexibility index (Phi) is 3.64. The number of hydrogen-bond donors (Lipinski definition) is 1. The molecule has 2 fully saturated rings. The van der Waals surface area contributed by atoms with Gasteiger partial charge in [0.1, 0.15) is 5.54 Å². The number of nitrogens with one attached hydrogen (secondary N) is 1. The molecule has 0 unspecified atom stereocenters. The molecule has 1 aliphatic heterocycles. The zero-order chi connectivity index (χ0) is 13.3. The molecule has 1 amide bonds. The van der Waals surface area contributed by atoms with Crippen molar-refractivity contribution in [2.24, 2.45) is 5.92 Å². The highest BCUT2D eigenvalue weighted by atomic mass is 16.2. The van der Waals surface area contributed by atoms with Crippen molar-refractivity contribution in [1.29, 1.82) is 5.41 Å². The van der Waals surface area contributed by atoms with Gasteiger partial charge in [0, 0.05) is 26.1 Å². The lowest BCUT2D eigenvalue weighted by Gasteiger charge is -2.47. The Labute approximate surface area is 110 Å². The Morgan fingerprint density at radius 3 is 2.44 bits per heavy atom. The molecule has 2 aliphatic rings. The summed E-state index contributed by atoms with van der Waals surface area (Å²) in [4.78, 5) is 16.0. The van der Waals surface area contributed by atoms with Gasteiger partial charge < -0.3 is 9.80 Å². The van der Waals surface area contributed by atoms with Crippen LogP contribution in [-0.2, 0) is 4.79 Å². The number of amidine groups is 1. The molecule has 0 radical (unpaired) electrons. The first kappa shape index (κ1) is 13.4. The van der Waals surface area contributed by atoms with Gasteiger partial charge >= 0.3 is 0 Å². The maximum absolute atomic E-state index is 12.2. The molecule has 1 aliphatic carbocycles. The first-order valence-corrected chi connectivity index (χ1v) is 7.06. The third-order valence-corrected chi connectivity index (χ3v) is 4.49. The van der Waals surface area contributed by atoms with E-state index in [1.807, 2.05) is 25.8 Å². The minimum atomic E-state index is -0.554. The molecule has 1 N–H and O–H groups in total. The SMILES string of the molecule is CN1CCN(C(=N)C2CCCCC2)C(C)(C)C1=O. The van der Waals surface area contributed by atoms with Gasteiger partial charge in [-0.05, 0) is 26.7 Å². The van der Waals surface area contributed by atoms with Crippen molar-refractivity contribution >= 4 is 11.7 Å². The highest BCUT2D eigenvalue weighted by Crippen LogP contribution is 2.30. The number of amides is 1. The fraction of sp³-hybridized carbons (Fsp3) is 0.857. The van der Waals surface area contributed by atoms with Crippen molar-refractivity contribution in [2.45, 2.75) is 51.5 Å². The Morgan fingerprint density at radius 1 is 1.22 bits per heavy atom. The fourth-order valence-electron chi connectivity index (χ4n) is 3.23. The molecule has 0 bridgehead atoms. The zero-order valence-electron chi connectivity index (χ0n) is 11.8. The highest BCUT2D eigenvalue weighted by Gasteiger charge is 2.42.